The smallest absolute Gasteiger partial charge is 0.336 e. The van der Waals surface area contributed by atoms with Crippen LogP contribution in [0.4, 0.5) is 8.78 Å². The zero-order valence-electron chi connectivity index (χ0n) is 17.4. The van der Waals surface area contributed by atoms with Crippen LogP contribution in [0.15, 0.2) is 66.7 Å². The molecule has 4 nitrogen and oxygen atoms in total. The van der Waals surface area contributed by atoms with Crippen molar-refractivity contribution in [3.63, 3.8) is 0 Å². The maximum atomic E-state index is 15.2. The zero-order chi connectivity index (χ0) is 22.7. The van der Waals surface area contributed by atoms with Gasteiger partial charge < -0.3 is 9.84 Å². The Morgan fingerprint density at radius 2 is 1.81 bits per heavy atom. The average molecular weight is 433 g/mol. The van der Waals surface area contributed by atoms with Crippen LogP contribution in [0.2, 0.25) is 0 Å². The van der Waals surface area contributed by atoms with E-state index in [0.29, 0.717) is 40.3 Å². The van der Waals surface area contributed by atoms with E-state index in [1.165, 1.54) is 24.3 Å². The Balaban J connectivity index is 1.76. The minimum absolute atomic E-state index is 0.0938. The standard InChI is InChI=1S/C26H21F2NO3/c1-2-3-12-32-25-7-5-4-6-19(25)18-10-8-16(13-22(18)28)24-15-21(26(30)31)20-14-17(27)9-11-23(20)29-24/h4-11,13-15H,2-3,12H2,1H3,(H,30,31). The Bertz CT molecular complexity index is 1300. The number of carboxylic acids is 1. The number of hydrogen-bond acceptors (Lipinski definition) is 3. The topological polar surface area (TPSA) is 59.4 Å². The number of benzene rings is 3. The summed E-state index contributed by atoms with van der Waals surface area (Å²) in [5, 5.41) is 9.76. The first-order chi connectivity index (χ1) is 15.5. The van der Waals surface area contributed by atoms with Crippen molar-refractivity contribution in [2.75, 3.05) is 6.61 Å². The predicted octanol–water partition coefficient (Wildman–Crippen LogP) is 6.72. The molecule has 0 saturated heterocycles. The molecule has 1 heterocycles. The highest BCUT2D eigenvalue weighted by atomic mass is 19.1. The van der Waals surface area contributed by atoms with E-state index >= 15 is 4.39 Å². The van der Waals surface area contributed by atoms with Crippen molar-refractivity contribution in [2.24, 2.45) is 0 Å². The third-order valence-electron chi connectivity index (χ3n) is 5.20. The van der Waals surface area contributed by atoms with Crippen molar-refractivity contribution in [2.45, 2.75) is 19.8 Å². The van der Waals surface area contributed by atoms with E-state index < -0.39 is 17.6 Å². The summed E-state index contributed by atoms with van der Waals surface area (Å²) in [4.78, 5) is 16.1. The second-order valence-corrected chi connectivity index (χ2v) is 7.41. The van der Waals surface area contributed by atoms with Crippen LogP contribution in [-0.2, 0) is 0 Å². The first-order valence-corrected chi connectivity index (χ1v) is 10.3. The number of halogens is 2. The van der Waals surface area contributed by atoms with Crippen molar-refractivity contribution in [3.05, 3.63) is 83.9 Å². The molecule has 0 amide bonds. The maximum absolute atomic E-state index is 15.2. The van der Waals surface area contributed by atoms with Gasteiger partial charge in [-0.15, -0.1) is 0 Å². The number of para-hydroxylation sites is 1. The SMILES string of the molecule is CCCCOc1ccccc1-c1ccc(-c2cc(C(=O)O)c3cc(F)ccc3n2)cc1F. The number of ether oxygens (including phenoxy) is 1. The molecule has 0 fully saturated rings. The normalized spacial score (nSPS) is 11.0. The zero-order valence-corrected chi connectivity index (χ0v) is 17.4. The van der Waals surface area contributed by atoms with E-state index in [1.807, 2.05) is 18.2 Å². The number of aromatic nitrogens is 1. The Morgan fingerprint density at radius 1 is 1.00 bits per heavy atom. The summed E-state index contributed by atoms with van der Waals surface area (Å²) in [6.07, 6.45) is 1.90. The number of pyridine rings is 1. The Kier molecular flexibility index (Phi) is 6.12. The number of carboxylic acid groups (broad SMARTS) is 1. The molecule has 0 atom stereocenters. The molecule has 4 aromatic rings. The van der Waals surface area contributed by atoms with E-state index in [0.717, 1.165) is 18.9 Å². The Labute approximate surface area is 184 Å². The molecule has 0 aliphatic heterocycles. The maximum Gasteiger partial charge on any atom is 0.336 e. The number of rotatable bonds is 7. The molecule has 1 aromatic heterocycles. The fraction of sp³-hybridized carbons (Fsp3) is 0.154. The number of nitrogens with zero attached hydrogens (tertiary/aromatic N) is 1. The summed E-state index contributed by atoms with van der Waals surface area (Å²) >= 11 is 0. The molecule has 6 heteroatoms. The lowest BCUT2D eigenvalue weighted by Gasteiger charge is -2.13. The first kappa shape index (κ1) is 21.4. The van der Waals surface area contributed by atoms with E-state index in [9.17, 15) is 14.3 Å². The van der Waals surface area contributed by atoms with Crippen molar-refractivity contribution in [1.29, 1.82) is 0 Å². The van der Waals surface area contributed by atoms with Crippen molar-refractivity contribution >= 4 is 16.9 Å². The van der Waals surface area contributed by atoms with Crippen molar-refractivity contribution in [3.8, 4) is 28.1 Å². The molecule has 4 rings (SSSR count). The van der Waals surface area contributed by atoms with E-state index in [2.05, 4.69) is 11.9 Å². The van der Waals surface area contributed by atoms with Gasteiger partial charge in [0.15, 0.2) is 0 Å². The van der Waals surface area contributed by atoms with Crippen LogP contribution in [0.25, 0.3) is 33.3 Å². The lowest BCUT2D eigenvalue weighted by molar-refractivity contribution is 0.0699. The molecular weight excluding hydrogens is 412 g/mol. The number of hydrogen-bond donors (Lipinski definition) is 1. The van der Waals surface area contributed by atoms with E-state index in [1.54, 1.807) is 18.2 Å². The van der Waals surface area contributed by atoms with Crippen LogP contribution >= 0.6 is 0 Å². The Hall–Kier alpha value is -3.80. The third kappa shape index (κ3) is 4.30. The number of fused-ring (bicyclic) bond motifs is 1. The monoisotopic (exact) mass is 433 g/mol. The highest BCUT2D eigenvalue weighted by Gasteiger charge is 2.16. The van der Waals surface area contributed by atoms with Crippen LogP contribution in [0.1, 0.15) is 30.1 Å². The van der Waals surface area contributed by atoms with Gasteiger partial charge in [0.1, 0.15) is 17.4 Å². The van der Waals surface area contributed by atoms with E-state index in [4.69, 9.17) is 4.74 Å². The van der Waals surface area contributed by atoms with Gasteiger partial charge in [-0.2, -0.15) is 0 Å². The van der Waals surface area contributed by atoms with E-state index in [-0.39, 0.29) is 10.9 Å². The molecule has 0 unspecified atom stereocenters. The molecule has 0 saturated carbocycles. The third-order valence-corrected chi connectivity index (χ3v) is 5.20. The fourth-order valence-electron chi connectivity index (χ4n) is 3.56. The van der Waals surface area contributed by atoms with Crippen LogP contribution < -0.4 is 4.74 Å². The second-order valence-electron chi connectivity index (χ2n) is 7.41. The van der Waals surface area contributed by atoms with Gasteiger partial charge in [0.05, 0.1) is 23.4 Å². The lowest BCUT2D eigenvalue weighted by atomic mass is 9.99. The molecule has 3 aromatic carbocycles. The number of aromatic carboxylic acids is 1. The molecule has 0 aliphatic rings. The van der Waals surface area contributed by atoms with Gasteiger partial charge in [-0.05, 0) is 42.8 Å². The van der Waals surface area contributed by atoms with Crippen LogP contribution in [0, 0.1) is 11.6 Å². The second kappa shape index (κ2) is 9.14. The summed E-state index contributed by atoms with van der Waals surface area (Å²) < 4.78 is 34.6. The summed E-state index contributed by atoms with van der Waals surface area (Å²) in [7, 11) is 0. The van der Waals surface area contributed by atoms with Crippen LogP contribution in [0.3, 0.4) is 0 Å². The number of carbonyl (C=O) groups is 1. The lowest BCUT2D eigenvalue weighted by Crippen LogP contribution is -2.01. The molecule has 0 spiro atoms. The minimum Gasteiger partial charge on any atom is -0.493 e. The number of unbranched alkanes of at least 4 members (excludes halogenated alkanes) is 1. The molecular formula is C26H21F2NO3. The summed E-state index contributed by atoms with van der Waals surface area (Å²) in [6.45, 7) is 2.62. The first-order valence-electron chi connectivity index (χ1n) is 10.3. The van der Waals surface area contributed by atoms with Gasteiger partial charge in [0, 0.05) is 22.1 Å². The summed E-state index contributed by atoms with van der Waals surface area (Å²) in [5.41, 5.74) is 1.95. The molecule has 0 radical (unpaired) electrons. The quantitative estimate of drug-likeness (QED) is 0.329. The highest BCUT2D eigenvalue weighted by Crippen LogP contribution is 2.34. The predicted molar refractivity (Wildman–Crippen MR) is 120 cm³/mol. The average Bonchev–Trinajstić information content (AvgIpc) is 2.79. The van der Waals surface area contributed by atoms with Crippen molar-refractivity contribution < 1.29 is 23.4 Å². The van der Waals surface area contributed by atoms with Gasteiger partial charge in [-0.1, -0.05) is 43.7 Å². The van der Waals surface area contributed by atoms with Gasteiger partial charge in [0.2, 0.25) is 0 Å². The van der Waals surface area contributed by atoms with Crippen molar-refractivity contribution in [1.82, 2.24) is 4.98 Å². The largest absolute Gasteiger partial charge is 0.493 e. The van der Waals surface area contributed by atoms with Crippen LogP contribution in [-0.4, -0.2) is 22.7 Å². The highest BCUT2D eigenvalue weighted by molar-refractivity contribution is 6.03. The molecule has 1 N–H and O–H groups in total. The van der Waals surface area contributed by atoms with Gasteiger partial charge >= 0.3 is 5.97 Å². The molecule has 162 valence electrons. The minimum atomic E-state index is -1.21. The van der Waals surface area contributed by atoms with Crippen LogP contribution in [0.5, 0.6) is 5.75 Å². The van der Waals surface area contributed by atoms with Gasteiger partial charge in [0.25, 0.3) is 0 Å². The van der Waals surface area contributed by atoms with Gasteiger partial charge in [-0.3, -0.25) is 0 Å². The van der Waals surface area contributed by atoms with Gasteiger partial charge in [-0.25, -0.2) is 18.6 Å². The Morgan fingerprint density at radius 3 is 2.56 bits per heavy atom. The molecule has 0 bridgehead atoms. The summed E-state index contributed by atoms with van der Waals surface area (Å²) in [6, 6.07) is 17.0. The summed E-state index contributed by atoms with van der Waals surface area (Å²) in [5.74, 6) is -1.64. The molecule has 32 heavy (non-hydrogen) atoms. The molecule has 0 aliphatic carbocycles. The fourth-order valence-corrected chi connectivity index (χ4v) is 3.56.